The lowest BCUT2D eigenvalue weighted by molar-refractivity contribution is -0.119. The number of carbonyl (C=O) groups is 1. The van der Waals surface area contributed by atoms with Crippen LogP contribution < -0.4 is 16.0 Å². The first kappa shape index (κ1) is 23.0. The van der Waals surface area contributed by atoms with Gasteiger partial charge in [0.2, 0.25) is 5.82 Å². The molecule has 1 amide bonds. The van der Waals surface area contributed by atoms with E-state index in [1.54, 1.807) is 36.4 Å². The molecule has 0 aliphatic heterocycles. The zero-order valence-electron chi connectivity index (χ0n) is 17.9. The number of aromatic nitrogens is 2. The van der Waals surface area contributed by atoms with Crippen LogP contribution in [0.5, 0.6) is 5.75 Å². The third-order valence-corrected chi connectivity index (χ3v) is 6.21. The van der Waals surface area contributed by atoms with Gasteiger partial charge in [-0.25, -0.2) is 4.98 Å². The van der Waals surface area contributed by atoms with Crippen LogP contribution >= 0.6 is 31.9 Å². The Bertz CT molecular complexity index is 1690. The van der Waals surface area contributed by atoms with Crippen LogP contribution in [0.15, 0.2) is 90.0 Å². The molecule has 0 spiro atoms. The van der Waals surface area contributed by atoms with E-state index in [0.29, 0.717) is 38.0 Å². The van der Waals surface area contributed by atoms with Crippen LogP contribution in [0.2, 0.25) is 0 Å². The van der Waals surface area contributed by atoms with Crippen LogP contribution in [0.4, 0.5) is 0 Å². The smallest absolute Gasteiger partial charge is 0.282 e. The molecule has 2 aromatic heterocycles. The summed E-state index contributed by atoms with van der Waals surface area (Å²) in [4.78, 5) is 29.0. The number of hydrogen-bond acceptors (Lipinski definition) is 6. The van der Waals surface area contributed by atoms with Gasteiger partial charge in [-0.1, -0.05) is 28.1 Å². The van der Waals surface area contributed by atoms with E-state index in [9.17, 15) is 9.59 Å². The molecule has 0 saturated heterocycles. The summed E-state index contributed by atoms with van der Waals surface area (Å²) >= 11 is 6.87. The monoisotopic (exact) mass is 594 g/mol. The zero-order chi connectivity index (χ0) is 24.5. The summed E-state index contributed by atoms with van der Waals surface area (Å²) in [6.45, 7) is -0.235. The molecule has 0 unspecified atom stereocenters. The van der Waals surface area contributed by atoms with Gasteiger partial charge in [-0.2, -0.15) is 9.78 Å². The largest absolute Gasteiger partial charge is 0.483 e. The van der Waals surface area contributed by atoms with Crippen LogP contribution in [0.1, 0.15) is 5.56 Å². The number of para-hydroxylation sites is 1. The number of benzene rings is 3. The van der Waals surface area contributed by atoms with Crippen molar-refractivity contribution in [2.45, 2.75) is 0 Å². The Hall–Kier alpha value is -3.76. The number of furan rings is 1. The minimum absolute atomic E-state index is 0.235. The van der Waals surface area contributed by atoms with Crippen molar-refractivity contribution >= 4 is 65.9 Å². The fourth-order valence-electron chi connectivity index (χ4n) is 3.50. The molecule has 0 bridgehead atoms. The SMILES string of the molecule is NC(=O)COc1ccc(C=Nn2c(-c3cc4cc(Br)ccc4o3)nc3ccccc3c2=O)cc1Br. The maximum absolute atomic E-state index is 13.4. The third kappa shape index (κ3) is 4.75. The maximum atomic E-state index is 13.4. The Kier molecular flexibility index (Phi) is 6.23. The Morgan fingerprint density at radius 1 is 1.11 bits per heavy atom. The molecule has 0 atom stereocenters. The fourth-order valence-corrected chi connectivity index (χ4v) is 4.39. The summed E-state index contributed by atoms with van der Waals surface area (Å²) in [5, 5.41) is 5.74. The van der Waals surface area contributed by atoms with Gasteiger partial charge < -0.3 is 14.9 Å². The predicted octanol–water partition coefficient (Wildman–Crippen LogP) is 5.08. The van der Waals surface area contributed by atoms with Crippen LogP contribution in [0, 0.1) is 0 Å². The molecule has 0 aliphatic carbocycles. The van der Waals surface area contributed by atoms with Gasteiger partial charge in [0.1, 0.15) is 11.3 Å². The highest BCUT2D eigenvalue weighted by Crippen LogP contribution is 2.29. The number of carbonyl (C=O) groups excluding carboxylic acids is 1. The number of fused-ring (bicyclic) bond motifs is 2. The molecule has 5 aromatic rings. The molecule has 3 aromatic carbocycles. The molecule has 0 fully saturated rings. The predicted molar refractivity (Wildman–Crippen MR) is 141 cm³/mol. The van der Waals surface area contributed by atoms with E-state index in [1.807, 2.05) is 30.3 Å². The lowest BCUT2D eigenvalue weighted by Crippen LogP contribution is -2.20. The van der Waals surface area contributed by atoms with Gasteiger partial charge in [0, 0.05) is 9.86 Å². The lowest BCUT2D eigenvalue weighted by Gasteiger charge is -2.08. The van der Waals surface area contributed by atoms with Gasteiger partial charge in [0.05, 0.1) is 21.6 Å². The van der Waals surface area contributed by atoms with Gasteiger partial charge in [-0.15, -0.1) is 0 Å². The summed E-state index contributed by atoms with van der Waals surface area (Å²) in [5.74, 6) is 0.572. The molecule has 0 saturated carbocycles. The molecule has 10 heteroatoms. The Morgan fingerprint density at radius 3 is 2.74 bits per heavy atom. The van der Waals surface area contributed by atoms with Gasteiger partial charge in [-0.05, 0) is 76.1 Å². The average Bonchev–Trinajstić information content (AvgIpc) is 3.25. The van der Waals surface area contributed by atoms with Gasteiger partial charge >= 0.3 is 0 Å². The first-order valence-electron chi connectivity index (χ1n) is 10.4. The van der Waals surface area contributed by atoms with Crippen LogP contribution in [-0.4, -0.2) is 28.4 Å². The van der Waals surface area contributed by atoms with Crippen molar-refractivity contribution in [2.75, 3.05) is 6.61 Å². The number of primary amides is 1. The molecule has 2 N–H and O–H groups in total. The van der Waals surface area contributed by atoms with Gasteiger partial charge in [0.25, 0.3) is 11.5 Å². The van der Waals surface area contributed by atoms with E-state index < -0.39 is 5.91 Å². The van der Waals surface area contributed by atoms with E-state index in [0.717, 1.165) is 9.86 Å². The number of amides is 1. The summed E-state index contributed by atoms with van der Waals surface area (Å²) in [5.41, 5.74) is 6.69. The first-order chi connectivity index (χ1) is 16.9. The normalized spacial score (nSPS) is 11.5. The van der Waals surface area contributed by atoms with Crippen molar-refractivity contribution in [3.8, 4) is 17.3 Å². The van der Waals surface area contributed by atoms with Gasteiger partial charge in [-0.3, -0.25) is 9.59 Å². The molecular formula is C25H16Br2N4O4. The second kappa shape index (κ2) is 9.47. The van der Waals surface area contributed by atoms with Crippen molar-refractivity contribution in [3.05, 3.63) is 91.6 Å². The second-order valence-electron chi connectivity index (χ2n) is 7.55. The van der Waals surface area contributed by atoms with E-state index in [4.69, 9.17) is 14.9 Å². The Labute approximate surface area is 215 Å². The molecule has 35 heavy (non-hydrogen) atoms. The quantitative estimate of drug-likeness (QED) is 0.275. The number of rotatable bonds is 6. The number of nitrogens with two attached hydrogens (primary N) is 1. The molecule has 0 radical (unpaired) electrons. The lowest BCUT2D eigenvalue weighted by atomic mass is 10.2. The van der Waals surface area contributed by atoms with Crippen molar-refractivity contribution in [3.63, 3.8) is 0 Å². The molecule has 174 valence electrons. The minimum atomic E-state index is -0.573. The van der Waals surface area contributed by atoms with Crippen molar-refractivity contribution in [1.82, 2.24) is 9.66 Å². The van der Waals surface area contributed by atoms with Crippen molar-refractivity contribution < 1.29 is 13.9 Å². The summed E-state index contributed by atoms with van der Waals surface area (Å²) in [7, 11) is 0. The molecule has 0 aliphatic rings. The summed E-state index contributed by atoms with van der Waals surface area (Å²) < 4.78 is 14.1. The number of nitrogens with zero attached hydrogens (tertiary/aromatic N) is 3. The van der Waals surface area contributed by atoms with Crippen LogP contribution in [0.25, 0.3) is 33.5 Å². The maximum Gasteiger partial charge on any atom is 0.282 e. The van der Waals surface area contributed by atoms with E-state index in [-0.39, 0.29) is 18.0 Å². The molecule has 8 nitrogen and oxygen atoms in total. The van der Waals surface area contributed by atoms with E-state index in [1.165, 1.54) is 10.9 Å². The number of halogens is 2. The van der Waals surface area contributed by atoms with E-state index >= 15 is 0 Å². The van der Waals surface area contributed by atoms with Gasteiger partial charge in [0.15, 0.2) is 12.4 Å². The highest BCUT2D eigenvalue weighted by Gasteiger charge is 2.16. The Morgan fingerprint density at radius 2 is 1.94 bits per heavy atom. The molecule has 5 rings (SSSR count). The molecule has 2 heterocycles. The van der Waals surface area contributed by atoms with Crippen LogP contribution in [0.3, 0.4) is 0 Å². The Balaban J connectivity index is 1.60. The average molecular weight is 596 g/mol. The highest BCUT2D eigenvalue weighted by atomic mass is 79.9. The highest BCUT2D eigenvalue weighted by molar-refractivity contribution is 9.10. The minimum Gasteiger partial charge on any atom is -0.483 e. The van der Waals surface area contributed by atoms with Crippen molar-refractivity contribution in [1.29, 1.82) is 0 Å². The molecular weight excluding hydrogens is 580 g/mol. The van der Waals surface area contributed by atoms with Crippen LogP contribution in [-0.2, 0) is 4.79 Å². The topological polar surface area (TPSA) is 113 Å². The fraction of sp³-hybridized carbons (Fsp3) is 0.0400. The third-order valence-electron chi connectivity index (χ3n) is 5.10. The summed E-state index contributed by atoms with van der Waals surface area (Å²) in [6.07, 6.45) is 1.53. The standard InChI is InChI=1S/C25H16Br2N4O4/c26-16-6-8-20-15(10-16)11-22(35-20)24-30-19-4-2-1-3-17(19)25(33)31(24)29-12-14-5-7-21(18(27)9-14)34-13-23(28)32/h1-12H,13H2,(H2,28,32). The van der Waals surface area contributed by atoms with E-state index in [2.05, 4.69) is 41.9 Å². The number of hydrogen-bond donors (Lipinski definition) is 1. The first-order valence-corrected chi connectivity index (χ1v) is 11.9. The second-order valence-corrected chi connectivity index (χ2v) is 9.32. The number of ether oxygens (including phenoxy) is 1. The summed E-state index contributed by atoms with van der Waals surface area (Å²) in [6, 6.07) is 19.7. The van der Waals surface area contributed by atoms with Crippen molar-refractivity contribution in [2.24, 2.45) is 10.8 Å². The zero-order valence-corrected chi connectivity index (χ0v) is 21.1.